The quantitative estimate of drug-likeness (QED) is 0.601. The van der Waals surface area contributed by atoms with Crippen molar-refractivity contribution in [2.75, 3.05) is 31.1 Å². The number of amides is 1. The number of nitrogens with zero attached hydrogens (tertiary/aromatic N) is 4. The molecule has 0 radical (unpaired) electrons. The number of hydrogen-bond donors (Lipinski definition) is 0. The van der Waals surface area contributed by atoms with E-state index in [9.17, 15) is 4.79 Å². The largest absolute Gasteiger partial charge is 0.352 e. The monoisotopic (exact) mass is 432 g/mol. The number of piperazine rings is 1. The molecule has 1 saturated heterocycles. The Labute approximate surface area is 187 Å². The molecule has 6 rings (SSSR count). The second-order valence-electron chi connectivity index (χ2n) is 9.22. The number of thiophene rings is 1. The minimum atomic E-state index is 0.138. The van der Waals surface area contributed by atoms with Crippen molar-refractivity contribution < 1.29 is 4.79 Å². The Morgan fingerprint density at radius 1 is 1.00 bits per heavy atom. The molecule has 0 bridgehead atoms. The Morgan fingerprint density at radius 3 is 2.48 bits per heavy atom. The predicted molar refractivity (Wildman–Crippen MR) is 125 cm³/mol. The second kappa shape index (κ2) is 7.59. The highest BCUT2D eigenvalue weighted by Gasteiger charge is 2.32. The summed E-state index contributed by atoms with van der Waals surface area (Å²) < 4.78 is 0. The minimum absolute atomic E-state index is 0.138. The van der Waals surface area contributed by atoms with Crippen LogP contribution in [-0.4, -0.2) is 47.0 Å². The summed E-state index contributed by atoms with van der Waals surface area (Å²) in [5, 5.41) is 1.31. The van der Waals surface area contributed by atoms with Gasteiger partial charge in [0, 0.05) is 42.5 Å². The molecule has 6 heteroatoms. The van der Waals surface area contributed by atoms with E-state index >= 15 is 0 Å². The van der Waals surface area contributed by atoms with Gasteiger partial charge in [-0.1, -0.05) is 17.7 Å². The standard InChI is InChI=1S/C25H28N4OS/c1-16-6-8-18(9-7-16)25(30)29-14-12-28(13-15-29)23-21-19-4-2-3-5-20(19)31-24(21)27-22(26-23)17-10-11-17/h6-9,17H,2-5,10-15H2,1H3. The smallest absolute Gasteiger partial charge is 0.253 e. The molecule has 5 nitrogen and oxygen atoms in total. The topological polar surface area (TPSA) is 49.3 Å². The van der Waals surface area contributed by atoms with E-state index in [1.165, 1.54) is 58.3 Å². The third-order valence-electron chi connectivity index (χ3n) is 6.92. The molecule has 160 valence electrons. The molecule has 3 aliphatic rings. The molecule has 0 atom stereocenters. The number of fused-ring (bicyclic) bond motifs is 3. The van der Waals surface area contributed by atoms with Crippen LogP contribution in [0.4, 0.5) is 5.82 Å². The molecule has 2 fully saturated rings. The fourth-order valence-corrected chi connectivity index (χ4v) is 6.17. The van der Waals surface area contributed by atoms with E-state index in [1.807, 2.05) is 40.5 Å². The van der Waals surface area contributed by atoms with Gasteiger partial charge in [0.25, 0.3) is 5.91 Å². The number of anilines is 1. The molecule has 3 aromatic rings. The lowest BCUT2D eigenvalue weighted by atomic mass is 9.97. The summed E-state index contributed by atoms with van der Waals surface area (Å²) in [5.41, 5.74) is 3.47. The van der Waals surface area contributed by atoms with Crippen LogP contribution in [0.5, 0.6) is 0 Å². The zero-order valence-corrected chi connectivity index (χ0v) is 18.9. The van der Waals surface area contributed by atoms with E-state index in [-0.39, 0.29) is 5.91 Å². The number of aryl methyl sites for hydroxylation is 3. The molecule has 3 heterocycles. The third kappa shape index (κ3) is 3.51. The fraction of sp³-hybridized carbons (Fsp3) is 0.480. The normalized spacial score (nSPS) is 19.0. The highest BCUT2D eigenvalue weighted by Crippen LogP contribution is 2.44. The zero-order chi connectivity index (χ0) is 20.9. The van der Waals surface area contributed by atoms with E-state index in [1.54, 1.807) is 0 Å². The molecular weight excluding hydrogens is 404 g/mol. The van der Waals surface area contributed by atoms with Gasteiger partial charge in [0.15, 0.2) is 0 Å². The Bertz CT molecular complexity index is 1140. The van der Waals surface area contributed by atoms with E-state index in [2.05, 4.69) is 11.8 Å². The molecule has 2 aliphatic carbocycles. The molecule has 1 saturated carbocycles. The summed E-state index contributed by atoms with van der Waals surface area (Å²) in [6.07, 6.45) is 7.33. The molecule has 1 aromatic carbocycles. The molecule has 0 unspecified atom stereocenters. The van der Waals surface area contributed by atoms with Crippen LogP contribution in [-0.2, 0) is 12.8 Å². The number of carbonyl (C=O) groups excluding carboxylic acids is 1. The van der Waals surface area contributed by atoms with Crippen molar-refractivity contribution in [3.63, 3.8) is 0 Å². The van der Waals surface area contributed by atoms with Crippen LogP contribution in [0, 0.1) is 6.92 Å². The van der Waals surface area contributed by atoms with Gasteiger partial charge in [0.05, 0.1) is 5.39 Å². The summed E-state index contributed by atoms with van der Waals surface area (Å²) in [6.45, 7) is 5.19. The van der Waals surface area contributed by atoms with Crippen molar-refractivity contribution in [3.8, 4) is 0 Å². The highest BCUT2D eigenvalue weighted by atomic mass is 32.1. The minimum Gasteiger partial charge on any atom is -0.352 e. The first kappa shape index (κ1) is 19.2. The summed E-state index contributed by atoms with van der Waals surface area (Å²) in [5.74, 6) is 2.86. The zero-order valence-electron chi connectivity index (χ0n) is 18.1. The van der Waals surface area contributed by atoms with Gasteiger partial charge >= 0.3 is 0 Å². The number of benzene rings is 1. The first-order valence-electron chi connectivity index (χ1n) is 11.6. The van der Waals surface area contributed by atoms with Gasteiger partial charge in [-0.05, 0) is 63.1 Å². The number of aromatic nitrogens is 2. The van der Waals surface area contributed by atoms with Crippen LogP contribution in [0.2, 0.25) is 0 Å². The lowest BCUT2D eigenvalue weighted by Crippen LogP contribution is -2.49. The maximum atomic E-state index is 13.0. The lowest BCUT2D eigenvalue weighted by molar-refractivity contribution is 0.0746. The van der Waals surface area contributed by atoms with E-state index in [0.717, 1.165) is 49.8 Å². The Balaban J connectivity index is 1.29. The van der Waals surface area contributed by atoms with Gasteiger partial charge in [-0.2, -0.15) is 0 Å². The van der Waals surface area contributed by atoms with Crippen molar-refractivity contribution in [3.05, 3.63) is 51.7 Å². The predicted octanol–water partition coefficient (Wildman–Crippen LogP) is 4.72. The van der Waals surface area contributed by atoms with Crippen molar-refractivity contribution >= 4 is 33.3 Å². The summed E-state index contributed by atoms with van der Waals surface area (Å²) in [7, 11) is 0. The molecule has 1 amide bonds. The molecular formula is C25H28N4OS. The summed E-state index contributed by atoms with van der Waals surface area (Å²) in [6, 6.07) is 7.91. The Morgan fingerprint density at radius 2 is 1.74 bits per heavy atom. The summed E-state index contributed by atoms with van der Waals surface area (Å²) >= 11 is 1.90. The maximum Gasteiger partial charge on any atom is 0.253 e. The van der Waals surface area contributed by atoms with Crippen molar-refractivity contribution in [1.29, 1.82) is 0 Å². The van der Waals surface area contributed by atoms with Gasteiger partial charge in [0.1, 0.15) is 16.5 Å². The van der Waals surface area contributed by atoms with Crippen molar-refractivity contribution in [1.82, 2.24) is 14.9 Å². The average Bonchev–Trinajstić information content (AvgIpc) is 3.59. The third-order valence-corrected chi connectivity index (χ3v) is 8.11. The van der Waals surface area contributed by atoms with Gasteiger partial charge in [-0.25, -0.2) is 9.97 Å². The van der Waals surface area contributed by atoms with Crippen molar-refractivity contribution in [2.45, 2.75) is 51.4 Å². The lowest BCUT2D eigenvalue weighted by Gasteiger charge is -2.36. The molecule has 1 aliphatic heterocycles. The SMILES string of the molecule is Cc1ccc(C(=O)N2CCN(c3nc(C4CC4)nc4sc5c(c34)CCCC5)CC2)cc1. The molecule has 0 spiro atoms. The van der Waals surface area contributed by atoms with Crippen LogP contribution >= 0.6 is 11.3 Å². The average molecular weight is 433 g/mol. The van der Waals surface area contributed by atoms with Crippen LogP contribution in [0.3, 0.4) is 0 Å². The Hall–Kier alpha value is -2.47. The van der Waals surface area contributed by atoms with Crippen LogP contribution in [0.1, 0.15) is 63.8 Å². The van der Waals surface area contributed by atoms with E-state index in [4.69, 9.17) is 9.97 Å². The fourth-order valence-electron chi connectivity index (χ4n) is 4.91. The first-order valence-corrected chi connectivity index (χ1v) is 12.4. The Kier molecular flexibility index (Phi) is 4.71. The van der Waals surface area contributed by atoms with Crippen LogP contribution in [0.15, 0.2) is 24.3 Å². The number of rotatable bonds is 3. The van der Waals surface area contributed by atoms with Gasteiger partial charge < -0.3 is 9.80 Å². The van der Waals surface area contributed by atoms with Gasteiger partial charge in [0.2, 0.25) is 0 Å². The molecule has 2 aromatic heterocycles. The van der Waals surface area contributed by atoms with Gasteiger partial charge in [-0.15, -0.1) is 11.3 Å². The van der Waals surface area contributed by atoms with Crippen molar-refractivity contribution in [2.24, 2.45) is 0 Å². The van der Waals surface area contributed by atoms with Gasteiger partial charge in [-0.3, -0.25) is 4.79 Å². The first-order chi connectivity index (χ1) is 15.2. The maximum absolute atomic E-state index is 13.0. The van der Waals surface area contributed by atoms with E-state index in [0.29, 0.717) is 5.92 Å². The highest BCUT2D eigenvalue weighted by molar-refractivity contribution is 7.19. The molecule has 31 heavy (non-hydrogen) atoms. The number of carbonyl (C=O) groups is 1. The molecule has 0 N–H and O–H groups in total. The van der Waals surface area contributed by atoms with Crippen LogP contribution < -0.4 is 4.90 Å². The van der Waals surface area contributed by atoms with E-state index < -0.39 is 0 Å². The summed E-state index contributed by atoms with van der Waals surface area (Å²) in [4.78, 5) is 30.2. The second-order valence-corrected chi connectivity index (χ2v) is 10.3. The number of hydrogen-bond acceptors (Lipinski definition) is 5. The van der Waals surface area contributed by atoms with Crippen LogP contribution in [0.25, 0.3) is 10.2 Å².